The molecule has 1 aliphatic heterocycles. The Balaban J connectivity index is 2.59. The fourth-order valence-electron chi connectivity index (χ4n) is 1.70. The summed E-state index contributed by atoms with van der Waals surface area (Å²) >= 11 is 0. The van der Waals surface area contributed by atoms with Gasteiger partial charge >= 0.3 is 0 Å². The third kappa shape index (κ3) is 1.50. The molecule has 0 aromatic heterocycles. The minimum Gasteiger partial charge on any atom is -0.396 e. The van der Waals surface area contributed by atoms with E-state index in [9.17, 15) is 8.42 Å². The van der Waals surface area contributed by atoms with Crippen LogP contribution in [0.4, 0.5) is 0 Å². The van der Waals surface area contributed by atoms with Crippen molar-refractivity contribution in [3.05, 3.63) is 34.7 Å². The van der Waals surface area contributed by atoms with Crippen LogP contribution in [0, 0.1) is 5.92 Å². The molecule has 1 aliphatic rings. The van der Waals surface area contributed by atoms with E-state index in [0.717, 1.165) is 0 Å². The van der Waals surface area contributed by atoms with Crippen molar-refractivity contribution in [2.75, 3.05) is 6.61 Å². The van der Waals surface area contributed by atoms with Crippen molar-refractivity contribution >= 4 is 15.9 Å². The molecule has 80 valence electrons. The molecule has 0 bridgehead atoms. The lowest BCUT2D eigenvalue weighted by Gasteiger charge is -2.08. The highest BCUT2D eigenvalue weighted by Gasteiger charge is 2.31. The van der Waals surface area contributed by atoms with Crippen molar-refractivity contribution in [1.82, 2.24) is 0 Å². The van der Waals surface area contributed by atoms with Gasteiger partial charge in [0, 0.05) is 5.92 Å². The van der Waals surface area contributed by atoms with Crippen LogP contribution < -0.4 is 0 Å². The van der Waals surface area contributed by atoms with E-state index >= 15 is 0 Å². The molecule has 1 aromatic rings. The van der Waals surface area contributed by atoms with Crippen molar-refractivity contribution in [2.24, 2.45) is 5.92 Å². The maximum absolute atomic E-state index is 12.0. The molecule has 1 N–H and O–H groups in total. The first-order valence-corrected chi connectivity index (χ1v) is 6.22. The fraction of sp³-hybridized carbons (Fsp3) is 0.273. The maximum atomic E-state index is 12.0. The molecule has 0 aliphatic carbocycles. The van der Waals surface area contributed by atoms with Gasteiger partial charge in [-0.2, -0.15) is 0 Å². The van der Waals surface area contributed by atoms with E-state index in [0.29, 0.717) is 15.4 Å². The molecule has 1 unspecified atom stereocenters. The summed E-state index contributed by atoms with van der Waals surface area (Å²) in [6, 6.07) is 6.87. The number of hydrogen-bond donors (Lipinski definition) is 1. The number of sulfone groups is 1. The number of hydrogen-bond acceptors (Lipinski definition) is 3. The Labute approximate surface area is 89.0 Å². The quantitative estimate of drug-likeness (QED) is 0.827. The second-order valence-corrected chi connectivity index (χ2v) is 5.59. The second-order valence-electron chi connectivity index (χ2n) is 3.67. The first-order valence-electron chi connectivity index (χ1n) is 4.74. The zero-order valence-corrected chi connectivity index (χ0v) is 9.16. The Morgan fingerprint density at radius 2 is 2.00 bits per heavy atom. The predicted octanol–water partition coefficient (Wildman–Crippen LogP) is 1.44. The van der Waals surface area contributed by atoms with Crippen LogP contribution in [0.3, 0.4) is 0 Å². The van der Waals surface area contributed by atoms with E-state index in [1.807, 2.05) is 0 Å². The van der Waals surface area contributed by atoms with Crippen LogP contribution in [-0.2, 0) is 9.84 Å². The molecule has 0 saturated carbocycles. The number of benzene rings is 1. The number of fused-ring (bicyclic) bond motifs is 1. The Morgan fingerprint density at radius 3 is 2.60 bits per heavy atom. The summed E-state index contributed by atoms with van der Waals surface area (Å²) < 4.78 is 24.0. The van der Waals surface area contributed by atoms with E-state index in [2.05, 4.69) is 0 Å². The van der Waals surface area contributed by atoms with E-state index in [4.69, 9.17) is 5.11 Å². The van der Waals surface area contributed by atoms with Crippen LogP contribution in [0.15, 0.2) is 34.1 Å². The van der Waals surface area contributed by atoms with Gasteiger partial charge in [-0.25, -0.2) is 8.42 Å². The summed E-state index contributed by atoms with van der Waals surface area (Å²) in [5, 5.41) is 9.00. The molecule has 15 heavy (non-hydrogen) atoms. The highest BCUT2D eigenvalue weighted by Crippen LogP contribution is 2.36. The van der Waals surface area contributed by atoms with Gasteiger partial charge in [-0.3, -0.25) is 0 Å². The van der Waals surface area contributed by atoms with Crippen molar-refractivity contribution in [3.63, 3.8) is 0 Å². The highest BCUT2D eigenvalue weighted by atomic mass is 32.2. The third-order valence-corrected chi connectivity index (χ3v) is 4.67. The Morgan fingerprint density at radius 1 is 1.33 bits per heavy atom. The summed E-state index contributed by atoms with van der Waals surface area (Å²) in [5.74, 6) is -0.345. The van der Waals surface area contributed by atoms with Gasteiger partial charge in [0.15, 0.2) is 0 Å². The minimum absolute atomic E-state index is 0.154. The Kier molecular flexibility index (Phi) is 2.40. The molecular weight excluding hydrogens is 212 g/mol. The van der Waals surface area contributed by atoms with E-state index in [-0.39, 0.29) is 12.5 Å². The highest BCUT2D eigenvalue weighted by molar-refractivity contribution is 7.95. The van der Waals surface area contributed by atoms with Crippen molar-refractivity contribution in [1.29, 1.82) is 0 Å². The molecule has 1 aromatic carbocycles. The van der Waals surface area contributed by atoms with Gasteiger partial charge in [-0.05, 0) is 17.7 Å². The Hall–Kier alpha value is -1.13. The summed E-state index contributed by atoms with van der Waals surface area (Å²) in [6.45, 7) is 1.55. The van der Waals surface area contributed by atoms with Gasteiger partial charge in [-0.15, -0.1) is 0 Å². The van der Waals surface area contributed by atoms with Crippen LogP contribution in [0.1, 0.15) is 12.5 Å². The Bertz CT molecular complexity index is 514. The molecule has 1 heterocycles. The maximum Gasteiger partial charge on any atom is 0.203 e. The van der Waals surface area contributed by atoms with Crippen LogP contribution in [-0.4, -0.2) is 20.1 Å². The second kappa shape index (κ2) is 3.47. The average Bonchev–Trinajstić information content (AvgIpc) is 2.51. The minimum atomic E-state index is -3.36. The molecule has 1 atom stereocenters. The first kappa shape index (κ1) is 10.4. The summed E-state index contributed by atoms with van der Waals surface area (Å²) in [6.07, 6.45) is 1.64. The van der Waals surface area contributed by atoms with Crippen molar-refractivity contribution < 1.29 is 13.5 Å². The molecule has 0 amide bonds. The fourth-order valence-corrected chi connectivity index (χ4v) is 3.53. The van der Waals surface area contributed by atoms with E-state index in [1.54, 1.807) is 37.3 Å². The van der Waals surface area contributed by atoms with Crippen LogP contribution in [0.25, 0.3) is 6.08 Å². The third-order valence-electron chi connectivity index (χ3n) is 2.58. The van der Waals surface area contributed by atoms with Crippen LogP contribution in [0.5, 0.6) is 0 Å². The summed E-state index contributed by atoms with van der Waals surface area (Å²) in [7, 11) is -3.36. The SMILES string of the molecule is CC(CO)C1=Cc2ccccc2S1(=O)=O. The van der Waals surface area contributed by atoms with Crippen molar-refractivity contribution in [2.45, 2.75) is 11.8 Å². The average molecular weight is 224 g/mol. The topological polar surface area (TPSA) is 54.4 Å². The van der Waals surface area contributed by atoms with Gasteiger partial charge in [0.25, 0.3) is 0 Å². The molecule has 4 heteroatoms. The van der Waals surface area contributed by atoms with Crippen molar-refractivity contribution in [3.8, 4) is 0 Å². The van der Waals surface area contributed by atoms with Gasteiger partial charge in [-0.1, -0.05) is 25.1 Å². The summed E-state index contributed by atoms with van der Waals surface area (Å²) in [5.41, 5.74) is 0.716. The van der Waals surface area contributed by atoms with Gasteiger partial charge in [0.2, 0.25) is 9.84 Å². The zero-order chi connectivity index (χ0) is 11.1. The van der Waals surface area contributed by atoms with Crippen LogP contribution >= 0.6 is 0 Å². The van der Waals surface area contributed by atoms with Crippen LogP contribution in [0.2, 0.25) is 0 Å². The first-order chi connectivity index (χ1) is 7.07. The largest absolute Gasteiger partial charge is 0.396 e. The number of rotatable bonds is 2. The lowest BCUT2D eigenvalue weighted by atomic mass is 10.1. The number of aliphatic hydroxyl groups is 1. The smallest absolute Gasteiger partial charge is 0.203 e. The lowest BCUT2D eigenvalue weighted by molar-refractivity contribution is 0.260. The molecule has 0 spiro atoms. The molecule has 3 nitrogen and oxygen atoms in total. The monoisotopic (exact) mass is 224 g/mol. The molecule has 0 fully saturated rings. The zero-order valence-electron chi connectivity index (χ0n) is 8.34. The van der Waals surface area contributed by atoms with Gasteiger partial charge in [0.05, 0.1) is 16.4 Å². The molecule has 2 rings (SSSR count). The van der Waals surface area contributed by atoms with Gasteiger partial charge in [0.1, 0.15) is 0 Å². The van der Waals surface area contributed by atoms with Gasteiger partial charge < -0.3 is 5.11 Å². The van der Waals surface area contributed by atoms with E-state index < -0.39 is 9.84 Å². The molecular formula is C11H12O3S. The predicted molar refractivity (Wildman–Crippen MR) is 57.9 cm³/mol. The summed E-state index contributed by atoms with van der Waals surface area (Å²) in [4.78, 5) is 0.659. The molecule has 0 saturated heterocycles. The normalized spacial score (nSPS) is 19.5. The standard InChI is InChI=1S/C11H12O3S/c1-8(7-12)11-6-9-4-2-3-5-10(9)15(11,13)14/h2-6,8,12H,7H2,1H3. The van der Waals surface area contributed by atoms with E-state index in [1.165, 1.54) is 0 Å². The lowest BCUT2D eigenvalue weighted by Crippen LogP contribution is -2.11. The molecule has 0 radical (unpaired) electrons. The number of aliphatic hydroxyl groups excluding tert-OH is 1.